The van der Waals surface area contributed by atoms with Gasteiger partial charge in [-0.15, -0.1) is 11.3 Å². The molecule has 2 aromatic heterocycles. The van der Waals surface area contributed by atoms with Crippen LogP contribution in [0.1, 0.15) is 6.92 Å². The largest absolute Gasteiger partial charge is 0.369 e. The number of piperazine rings is 1. The van der Waals surface area contributed by atoms with E-state index in [1.54, 1.807) is 33.8 Å². The monoisotopic (exact) mass is 506 g/mol. The Labute approximate surface area is 213 Å². The molecule has 1 aliphatic heterocycles. The smallest absolute Gasteiger partial charge is 0.262 e. The fourth-order valence-electron chi connectivity index (χ4n) is 4.26. The van der Waals surface area contributed by atoms with Gasteiger partial charge in [0.2, 0.25) is 5.95 Å². The van der Waals surface area contributed by atoms with Gasteiger partial charge in [0.1, 0.15) is 0 Å². The van der Waals surface area contributed by atoms with E-state index in [1.165, 1.54) is 5.69 Å². The lowest BCUT2D eigenvalue weighted by molar-refractivity contribution is 0.313. The van der Waals surface area contributed by atoms with E-state index in [1.807, 2.05) is 37.3 Å². The van der Waals surface area contributed by atoms with Gasteiger partial charge in [-0.1, -0.05) is 23.7 Å². The molecular weight excluding hydrogens is 480 g/mol. The molecule has 7 nitrogen and oxygen atoms in total. The van der Waals surface area contributed by atoms with E-state index in [0.717, 1.165) is 42.3 Å². The quantitative estimate of drug-likeness (QED) is 0.387. The van der Waals surface area contributed by atoms with Crippen molar-refractivity contribution in [1.29, 1.82) is 0 Å². The van der Waals surface area contributed by atoms with Crippen LogP contribution in [0.15, 0.2) is 65.2 Å². The molecule has 1 N–H and O–H groups in total. The number of aromatic nitrogens is 3. The lowest BCUT2D eigenvalue weighted by Gasteiger charge is -2.34. The number of rotatable bonds is 6. The minimum absolute atomic E-state index is 0.133. The van der Waals surface area contributed by atoms with Crippen molar-refractivity contribution in [3.63, 3.8) is 0 Å². The first-order valence-corrected chi connectivity index (χ1v) is 12.9. The number of hydrogen-bond donors (Lipinski definition) is 1. The molecule has 2 aromatic carbocycles. The zero-order valence-electron chi connectivity index (χ0n) is 19.7. The van der Waals surface area contributed by atoms with Crippen LogP contribution in [0, 0.1) is 0 Å². The summed E-state index contributed by atoms with van der Waals surface area (Å²) in [4.78, 5) is 27.8. The first-order chi connectivity index (χ1) is 17.0. The van der Waals surface area contributed by atoms with Crippen LogP contribution in [-0.2, 0) is 6.54 Å². The highest BCUT2D eigenvalue weighted by atomic mass is 35.5. The Morgan fingerprint density at radius 3 is 2.46 bits per heavy atom. The summed E-state index contributed by atoms with van der Waals surface area (Å²) in [5, 5.41) is 3.82. The summed E-state index contributed by atoms with van der Waals surface area (Å²) in [6.07, 6.45) is 3.41. The second-order valence-corrected chi connectivity index (χ2v) is 9.86. The highest BCUT2D eigenvalue weighted by molar-refractivity contribution is 7.13. The maximum Gasteiger partial charge on any atom is 0.262 e. The van der Waals surface area contributed by atoms with Crippen LogP contribution in [0.2, 0.25) is 5.02 Å². The van der Waals surface area contributed by atoms with Gasteiger partial charge in [-0.2, -0.15) is 0 Å². The van der Waals surface area contributed by atoms with Gasteiger partial charge in [0, 0.05) is 67.1 Å². The van der Waals surface area contributed by atoms with Crippen molar-refractivity contribution >= 4 is 40.3 Å². The van der Waals surface area contributed by atoms with Crippen LogP contribution < -0.4 is 15.8 Å². The lowest BCUT2D eigenvalue weighted by atomic mass is 10.1. The SMILES string of the molecule is CCn1c(Nc2ccc(N3CCN(C)CC3)cc2)ncc(-c2ccc(-c3cncs3)cc2Cl)c1=O. The Bertz CT molecular complexity index is 1360. The topological polar surface area (TPSA) is 66.3 Å². The molecule has 0 unspecified atom stereocenters. The molecule has 0 atom stereocenters. The van der Waals surface area contributed by atoms with Crippen molar-refractivity contribution in [3.05, 3.63) is 75.7 Å². The number of halogens is 1. The summed E-state index contributed by atoms with van der Waals surface area (Å²) >= 11 is 8.14. The van der Waals surface area contributed by atoms with Crippen molar-refractivity contribution in [2.24, 2.45) is 0 Å². The molecule has 1 aliphatic rings. The minimum atomic E-state index is -0.133. The summed E-state index contributed by atoms with van der Waals surface area (Å²) in [5.41, 5.74) is 5.86. The van der Waals surface area contributed by atoms with Crippen molar-refractivity contribution in [2.45, 2.75) is 13.5 Å². The molecule has 180 valence electrons. The third-order valence-corrected chi connectivity index (χ3v) is 7.47. The van der Waals surface area contributed by atoms with E-state index < -0.39 is 0 Å². The Balaban J connectivity index is 1.38. The Morgan fingerprint density at radius 1 is 1.03 bits per heavy atom. The lowest BCUT2D eigenvalue weighted by Crippen LogP contribution is -2.44. The third kappa shape index (κ3) is 4.96. The Hall–Kier alpha value is -3.20. The molecule has 4 aromatic rings. The van der Waals surface area contributed by atoms with Gasteiger partial charge >= 0.3 is 0 Å². The van der Waals surface area contributed by atoms with Gasteiger partial charge < -0.3 is 15.1 Å². The average Bonchev–Trinajstić information content (AvgIpc) is 3.41. The van der Waals surface area contributed by atoms with Gasteiger partial charge in [0.25, 0.3) is 5.56 Å². The fourth-order valence-corrected chi connectivity index (χ4v) is 5.17. The Morgan fingerprint density at radius 2 is 1.80 bits per heavy atom. The highest BCUT2D eigenvalue weighted by Gasteiger charge is 2.16. The van der Waals surface area contributed by atoms with E-state index in [0.29, 0.717) is 28.6 Å². The normalized spacial score (nSPS) is 14.3. The van der Waals surface area contributed by atoms with Crippen molar-refractivity contribution < 1.29 is 0 Å². The average molecular weight is 507 g/mol. The van der Waals surface area contributed by atoms with E-state index in [4.69, 9.17) is 11.6 Å². The molecule has 9 heteroatoms. The number of nitrogens with one attached hydrogen (secondary N) is 1. The standard InChI is InChI=1S/C26H27ClN6OS/c1-3-33-25(34)22(21-9-4-18(14-23(21)27)24-16-28-17-35-24)15-29-26(33)30-19-5-7-20(8-6-19)32-12-10-31(2)11-13-32/h4-9,14-17H,3,10-13H2,1-2H3,(H,29,30). The zero-order chi connectivity index (χ0) is 24.4. The molecule has 0 saturated carbocycles. The molecule has 0 bridgehead atoms. The van der Waals surface area contributed by atoms with Gasteiger partial charge in [-0.05, 0) is 49.9 Å². The van der Waals surface area contributed by atoms with Gasteiger partial charge in [-0.3, -0.25) is 14.3 Å². The molecule has 0 aliphatic carbocycles. The predicted octanol–water partition coefficient (Wildman–Crippen LogP) is 5.20. The highest BCUT2D eigenvalue weighted by Crippen LogP contribution is 2.32. The first-order valence-electron chi connectivity index (χ1n) is 11.6. The number of benzene rings is 2. The predicted molar refractivity (Wildman–Crippen MR) is 145 cm³/mol. The maximum absolute atomic E-state index is 13.4. The van der Waals surface area contributed by atoms with Crippen molar-refractivity contribution in [2.75, 3.05) is 43.4 Å². The molecule has 35 heavy (non-hydrogen) atoms. The van der Waals surface area contributed by atoms with Crippen LogP contribution in [0.25, 0.3) is 21.6 Å². The van der Waals surface area contributed by atoms with E-state index in [-0.39, 0.29) is 5.56 Å². The number of hydrogen-bond acceptors (Lipinski definition) is 7. The Kier molecular flexibility index (Phi) is 6.86. The van der Waals surface area contributed by atoms with E-state index in [2.05, 4.69) is 44.3 Å². The summed E-state index contributed by atoms with van der Waals surface area (Å²) in [5.74, 6) is 0.506. The number of nitrogens with zero attached hydrogens (tertiary/aromatic N) is 5. The molecular formula is C26H27ClN6OS. The molecule has 0 spiro atoms. The summed E-state index contributed by atoms with van der Waals surface area (Å²) in [6, 6.07) is 14.0. The molecule has 1 saturated heterocycles. The molecule has 0 amide bonds. The summed E-state index contributed by atoms with van der Waals surface area (Å²) < 4.78 is 1.64. The van der Waals surface area contributed by atoms with Crippen molar-refractivity contribution in [1.82, 2.24) is 19.4 Å². The minimum Gasteiger partial charge on any atom is -0.369 e. The van der Waals surface area contributed by atoms with Gasteiger partial charge in [-0.25, -0.2) is 4.98 Å². The zero-order valence-corrected chi connectivity index (χ0v) is 21.3. The first kappa shape index (κ1) is 23.5. The summed E-state index contributed by atoms with van der Waals surface area (Å²) in [6.45, 7) is 6.60. The molecule has 1 fully saturated rings. The van der Waals surface area contributed by atoms with Gasteiger partial charge in [0.05, 0.1) is 16.0 Å². The van der Waals surface area contributed by atoms with Gasteiger partial charge in [0.15, 0.2) is 0 Å². The number of likely N-dealkylation sites (N-methyl/N-ethyl adjacent to an activating group) is 1. The van der Waals surface area contributed by atoms with Crippen LogP contribution in [0.4, 0.5) is 17.3 Å². The second-order valence-electron chi connectivity index (χ2n) is 8.57. The van der Waals surface area contributed by atoms with Crippen LogP contribution in [0.5, 0.6) is 0 Å². The molecule has 5 rings (SSSR count). The maximum atomic E-state index is 13.4. The second kappa shape index (κ2) is 10.2. The van der Waals surface area contributed by atoms with Crippen LogP contribution in [0.3, 0.4) is 0 Å². The van der Waals surface area contributed by atoms with Crippen LogP contribution in [-0.4, -0.2) is 52.7 Å². The molecule has 0 radical (unpaired) electrons. The molecule has 3 heterocycles. The summed E-state index contributed by atoms with van der Waals surface area (Å²) in [7, 11) is 2.15. The number of anilines is 3. The van der Waals surface area contributed by atoms with E-state index >= 15 is 0 Å². The van der Waals surface area contributed by atoms with Crippen LogP contribution >= 0.6 is 22.9 Å². The van der Waals surface area contributed by atoms with E-state index in [9.17, 15) is 4.79 Å². The van der Waals surface area contributed by atoms with Crippen molar-refractivity contribution in [3.8, 4) is 21.6 Å². The number of thiazole rings is 1. The third-order valence-electron chi connectivity index (χ3n) is 6.33. The fraction of sp³-hybridized carbons (Fsp3) is 0.269.